The van der Waals surface area contributed by atoms with Gasteiger partial charge in [0.15, 0.2) is 12.1 Å². The van der Waals surface area contributed by atoms with Gasteiger partial charge >= 0.3 is 12.1 Å². The first-order valence-corrected chi connectivity index (χ1v) is 6.78. The molecule has 0 heterocycles. The number of amides is 1. The van der Waals surface area contributed by atoms with Gasteiger partial charge in [-0.05, 0) is 26.8 Å². The maximum Gasteiger partial charge on any atom is 0.408 e. The Kier molecular flexibility index (Phi) is 5.84. The number of carbonyl (C=O) groups is 2. The molecule has 1 aromatic carbocycles. The van der Waals surface area contributed by atoms with Gasteiger partial charge in [0.25, 0.3) is 0 Å². The summed E-state index contributed by atoms with van der Waals surface area (Å²) in [4.78, 5) is 23.7. The van der Waals surface area contributed by atoms with Crippen LogP contribution < -0.4 is 5.32 Å². The highest BCUT2D eigenvalue weighted by molar-refractivity contribution is 6.17. The van der Waals surface area contributed by atoms with Crippen LogP contribution in [0.1, 0.15) is 32.4 Å². The van der Waals surface area contributed by atoms with Gasteiger partial charge in [-0.1, -0.05) is 29.8 Å². The van der Waals surface area contributed by atoms with Gasteiger partial charge in [0.2, 0.25) is 0 Å². The van der Waals surface area contributed by atoms with Crippen LogP contribution in [-0.4, -0.2) is 28.8 Å². The first-order chi connectivity index (χ1) is 9.74. The summed E-state index contributed by atoms with van der Waals surface area (Å²) in [5.74, 6) is -0.942. The number of benzene rings is 1. The van der Waals surface area contributed by atoms with Crippen LogP contribution >= 0.6 is 11.6 Å². The molecule has 1 rings (SSSR count). The largest absolute Gasteiger partial charge is 0.508 e. The molecule has 0 saturated carbocycles. The molecule has 0 aliphatic heterocycles. The van der Waals surface area contributed by atoms with E-state index < -0.39 is 23.7 Å². The maximum atomic E-state index is 11.9. The van der Waals surface area contributed by atoms with Gasteiger partial charge in [0, 0.05) is 5.56 Å². The summed E-state index contributed by atoms with van der Waals surface area (Å²) in [6.45, 7) is 5.08. The Labute approximate surface area is 128 Å². The van der Waals surface area contributed by atoms with Gasteiger partial charge in [0.05, 0.1) is 0 Å². The highest BCUT2D eigenvalue weighted by Crippen LogP contribution is 2.25. The second-order valence-electron chi connectivity index (χ2n) is 5.21. The molecule has 0 fully saturated rings. The number of ether oxygens (including phenoxy) is 2. The lowest BCUT2D eigenvalue weighted by atomic mass is 10.1. The minimum absolute atomic E-state index is 0.148. The van der Waals surface area contributed by atoms with Crippen LogP contribution in [0.2, 0.25) is 0 Å². The van der Waals surface area contributed by atoms with Crippen molar-refractivity contribution in [3.63, 3.8) is 0 Å². The van der Waals surface area contributed by atoms with Crippen LogP contribution in [0.3, 0.4) is 0 Å². The topological polar surface area (TPSA) is 84.9 Å². The molecule has 1 unspecified atom stereocenters. The van der Waals surface area contributed by atoms with Crippen molar-refractivity contribution in [2.75, 3.05) is 6.07 Å². The number of hydrogen-bond donors (Lipinski definition) is 2. The van der Waals surface area contributed by atoms with E-state index in [9.17, 15) is 14.7 Å². The number of rotatable bonds is 4. The highest BCUT2D eigenvalue weighted by Gasteiger charge is 2.28. The molecular weight excluding hydrogens is 298 g/mol. The van der Waals surface area contributed by atoms with Crippen molar-refractivity contribution in [3.8, 4) is 5.75 Å². The summed E-state index contributed by atoms with van der Waals surface area (Å²) in [7, 11) is 0. The van der Waals surface area contributed by atoms with Gasteiger partial charge in [-0.15, -0.1) is 0 Å². The number of halogens is 1. The van der Waals surface area contributed by atoms with Crippen molar-refractivity contribution < 1.29 is 24.2 Å². The van der Waals surface area contributed by atoms with Crippen molar-refractivity contribution in [2.45, 2.75) is 32.4 Å². The Balaban J connectivity index is 2.96. The summed E-state index contributed by atoms with van der Waals surface area (Å²) >= 11 is 5.36. The number of aromatic hydroxyl groups is 1. The molecule has 0 bridgehead atoms. The van der Waals surface area contributed by atoms with Crippen LogP contribution in [0.15, 0.2) is 24.3 Å². The van der Waals surface area contributed by atoms with Crippen molar-refractivity contribution in [2.24, 2.45) is 0 Å². The monoisotopic (exact) mass is 315 g/mol. The standard InChI is InChI=1S/C14H18ClNO5/c1-14(2,3)21-13(19)16-11(12(18)20-8-15)9-6-4-5-7-10(9)17/h4-7,11,17H,8H2,1-3H3,(H,16,19). The number of esters is 1. The lowest BCUT2D eigenvalue weighted by Gasteiger charge is -2.23. The molecule has 6 nitrogen and oxygen atoms in total. The molecule has 0 spiro atoms. The fourth-order valence-electron chi connectivity index (χ4n) is 1.56. The zero-order chi connectivity index (χ0) is 16.0. The Morgan fingerprint density at radius 2 is 1.95 bits per heavy atom. The molecule has 0 saturated heterocycles. The van der Waals surface area contributed by atoms with Gasteiger partial charge < -0.3 is 19.9 Å². The van der Waals surface area contributed by atoms with E-state index in [1.807, 2.05) is 0 Å². The number of alkyl halides is 1. The zero-order valence-electron chi connectivity index (χ0n) is 12.1. The molecular formula is C14H18ClNO5. The van der Waals surface area contributed by atoms with Crippen LogP contribution in [0.5, 0.6) is 5.75 Å². The van der Waals surface area contributed by atoms with E-state index in [1.54, 1.807) is 32.9 Å². The summed E-state index contributed by atoms with van der Waals surface area (Å²) in [5, 5.41) is 12.2. The van der Waals surface area contributed by atoms with E-state index >= 15 is 0 Å². The maximum absolute atomic E-state index is 11.9. The van der Waals surface area contributed by atoms with E-state index in [4.69, 9.17) is 16.3 Å². The lowest BCUT2D eigenvalue weighted by molar-refractivity contribution is -0.144. The van der Waals surface area contributed by atoms with E-state index in [-0.39, 0.29) is 17.4 Å². The number of para-hydroxylation sites is 1. The van der Waals surface area contributed by atoms with Gasteiger partial charge in [-0.2, -0.15) is 0 Å². The molecule has 2 N–H and O–H groups in total. The average molecular weight is 316 g/mol. The molecule has 0 aliphatic rings. The van der Waals surface area contributed by atoms with Crippen molar-refractivity contribution in [1.29, 1.82) is 0 Å². The van der Waals surface area contributed by atoms with E-state index in [0.717, 1.165) is 0 Å². The summed E-state index contributed by atoms with van der Waals surface area (Å²) in [6.07, 6.45) is -0.803. The number of carbonyl (C=O) groups excluding carboxylic acids is 2. The van der Waals surface area contributed by atoms with E-state index in [0.29, 0.717) is 0 Å². The molecule has 1 amide bonds. The van der Waals surface area contributed by atoms with Crippen molar-refractivity contribution >= 4 is 23.7 Å². The molecule has 1 atom stereocenters. The number of hydrogen-bond acceptors (Lipinski definition) is 5. The van der Waals surface area contributed by atoms with Crippen LogP contribution in [0, 0.1) is 0 Å². The van der Waals surface area contributed by atoms with E-state index in [2.05, 4.69) is 10.1 Å². The Bertz CT molecular complexity index is 512. The molecule has 1 aromatic rings. The number of nitrogens with one attached hydrogen (secondary N) is 1. The SMILES string of the molecule is CC(C)(C)OC(=O)NC(C(=O)OCCl)c1ccccc1O. The lowest BCUT2D eigenvalue weighted by Crippen LogP contribution is -2.38. The number of phenolic OH excluding ortho intramolecular Hbond substituents is 1. The summed E-state index contributed by atoms with van der Waals surface area (Å²) < 4.78 is 9.77. The quantitative estimate of drug-likeness (QED) is 0.659. The third-order valence-electron chi connectivity index (χ3n) is 2.34. The predicted octanol–water partition coefficient (Wildman–Crippen LogP) is 2.70. The Hall–Kier alpha value is -1.95. The van der Waals surface area contributed by atoms with Crippen molar-refractivity contribution in [3.05, 3.63) is 29.8 Å². The van der Waals surface area contributed by atoms with E-state index in [1.165, 1.54) is 12.1 Å². The second kappa shape index (κ2) is 7.17. The van der Waals surface area contributed by atoms with Crippen LogP contribution in [-0.2, 0) is 14.3 Å². The highest BCUT2D eigenvalue weighted by atomic mass is 35.5. The molecule has 0 aliphatic carbocycles. The first kappa shape index (κ1) is 17.1. The fourth-order valence-corrected chi connectivity index (χ4v) is 1.67. The Morgan fingerprint density at radius 3 is 2.48 bits per heavy atom. The zero-order valence-corrected chi connectivity index (χ0v) is 12.8. The molecule has 0 aromatic heterocycles. The summed E-state index contributed by atoms with van der Waals surface area (Å²) in [6, 6.07) is 4.53. The first-order valence-electron chi connectivity index (χ1n) is 6.24. The third-order valence-corrected chi connectivity index (χ3v) is 2.45. The fraction of sp³-hybridized carbons (Fsp3) is 0.429. The molecule has 7 heteroatoms. The summed E-state index contributed by atoms with van der Waals surface area (Å²) in [5.41, 5.74) is -0.525. The van der Waals surface area contributed by atoms with Crippen molar-refractivity contribution in [1.82, 2.24) is 5.32 Å². The minimum Gasteiger partial charge on any atom is -0.508 e. The van der Waals surface area contributed by atoms with Crippen LogP contribution in [0.4, 0.5) is 4.79 Å². The smallest absolute Gasteiger partial charge is 0.408 e. The number of phenols is 1. The number of alkyl carbamates (subject to hydrolysis) is 1. The van der Waals surface area contributed by atoms with Crippen LogP contribution in [0.25, 0.3) is 0 Å². The normalized spacial score (nSPS) is 12.4. The second-order valence-corrected chi connectivity index (χ2v) is 5.43. The average Bonchev–Trinajstić information content (AvgIpc) is 2.35. The van der Waals surface area contributed by atoms with Gasteiger partial charge in [0.1, 0.15) is 11.4 Å². The van der Waals surface area contributed by atoms with Gasteiger partial charge in [-0.25, -0.2) is 9.59 Å². The molecule has 0 radical (unpaired) electrons. The third kappa shape index (κ3) is 5.51. The Morgan fingerprint density at radius 1 is 1.33 bits per heavy atom. The predicted molar refractivity (Wildman–Crippen MR) is 77.0 cm³/mol. The molecule has 21 heavy (non-hydrogen) atoms. The minimum atomic E-state index is -1.21. The molecule has 116 valence electrons. The van der Waals surface area contributed by atoms with Gasteiger partial charge in [-0.3, -0.25) is 0 Å².